The first kappa shape index (κ1) is 24.6. The van der Waals surface area contributed by atoms with E-state index in [2.05, 4.69) is 152 Å². The van der Waals surface area contributed by atoms with E-state index in [0.717, 1.165) is 66.5 Å². The van der Waals surface area contributed by atoms with Crippen molar-refractivity contribution in [2.24, 2.45) is 0 Å². The molecule has 9 aromatic rings. The normalized spacial score (nSPS) is 11.6. The number of fused-ring (bicyclic) bond motifs is 6. The summed E-state index contributed by atoms with van der Waals surface area (Å²) in [5, 5.41) is 8.06. The first-order valence-corrected chi connectivity index (χ1v) is 14.9. The lowest BCUT2D eigenvalue weighted by molar-refractivity contribution is 1.31. The van der Waals surface area contributed by atoms with Crippen LogP contribution in [0.1, 0.15) is 0 Å². The topological polar surface area (TPSA) is 38.7 Å². The van der Waals surface area contributed by atoms with Gasteiger partial charge in [0.05, 0.1) is 33.6 Å². The van der Waals surface area contributed by atoms with E-state index < -0.39 is 0 Å². The van der Waals surface area contributed by atoms with Crippen LogP contribution in [0.4, 0.5) is 0 Å². The quantitative estimate of drug-likeness (QED) is 0.160. The van der Waals surface area contributed by atoms with Crippen molar-refractivity contribution >= 4 is 54.3 Å². The Morgan fingerprint density at radius 3 is 1.77 bits per heavy atom. The SMILES string of the molecule is c1ccc(-c2cc3ccc(-c4ccc5ccccc5c4)nc3c3nc(-c4ccc5cc6ccccc6cc5n4)ccc23)cc1. The maximum absolute atomic E-state index is 5.29. The van der Waals surface area contributed by atoms with Crippen LogP contribution < -0.4 is 0 Å². The Morgan fingerprint density at radius 1 is 0.318 bits per heavy atom. The molecular weight excluding hydrogens is 534 g/mol. The fraction of sp³-hybridized carbons (Fsp3) is 0. The summed E-state index contributed by atoms with van der Waals surface area (Å²) in [6, 6.07) is 53.3. The standard InChI is InChI=1S/C41H25N3/c1-2-9-27(10-3-1)35-24-33-17-19-36(31-15-14-26-8-4-5-11-28(26)22-31)43-40(33)41-34(35)18-21-38(44-41)37-20-16-32-23-29-12-6-7-13-30(29)25-39(32)42-37/h1-25H. The zero-order valence-electron chi connectivity index (χ0n) is 23.8. The summed E-state index contributed by atoms with van der Waals surface area (Å²) in [4.78, 5) is 15.6. The van der Waals surface area contributed by atoms with Crippen molar-refractivity contribution < 1.29 is 0 Å². The number of hydrogen-bond donors (Lipinski definition) is 0. The van der Waals surface area contributed by atoms with Crippen LogP contribution >= 0.6 is 0 Å². The minimum Gasteiger partial charge on any atom is -0.246 e. The van der Waals surface area contributed by atoms with Crippen molar-refractivity contribution in [1.82, 2.24) is 15.0 Å². The molecule has 0 spiro atoms. The highest BCUT2D eigenvalue weighted by Gasteiger charge is 2.15. The van der Waals surface area contributed by atoms with Gasteiger partial charge in [-0.05, 0) is 81.2 Å². The average molecular weight is 560 g/mol. The molecule has 0 aliphatic carbocycles. The maximum atomic E-state index is 5.29. The minimum absolute atomic E-state index is 0.831. The first-order chi connectivity index (χ1) is 21.8. The Kier molecular flexibility index (Phi) is 5.50. The predicted octanol–water partition coefficient (Wildman–Crippen LogP) is 10.6. The number of aromatic nitrogens is 3. The van der Waals surface area contributed by atoms with E-state index in [-0.39, 0.29) is 0 Å². The second-order valence-corrected chi connectivity index (χ2v) is 11.3. The highest BCUT2D eigenvalue weighted by Crippen LogP contribution is 2.36. The van der Waals surface area contributed by atoms with Crippen LogP contribution in [0, 0.1) is 0 Å². The minimum atomic E-state index is 0.831. The van der Waals surface area contributed by atoms with Crippen LogP contribution in [-0.2, 0) is 0 Å². The molecule has 44 heavy (non-hydrogen) atoms. The van der Waals surface area contributed by atoms with Gasteiger partial charge in [0.15, 0.2) is 0 Å². The lowest BCUT2D eigenvalue weighted by Crippen LogP contribution is -1.94. The summed E-state index contributed by atoms with van der Waals surface area (Å²) in [7, 11) is 0. The van der Waals surface area contributed by atoms with Gasteiger partial charge >= 0.3 is 0 Å². The van der Waals surface area contributed by atoms with E-state index >= 15 is 0 Å². The highest BCUT2D eigenvalue weighted by atomic mass is 14.8. The Morgan fingerprint density at radius 2 is 0.932 bits per heavy atom. The molecule has 3 heteroatoms. The summed E-state index contributed by atoms with van der Waals surface area (Å²) in [5.74, 6) is 0. The highest BCUT2D eigenvalue weighted by molar-refractivity contribution is 6.11. The summed E-state index contributed by atoms with van der Waals surface area (Å²) < 4.78 is 0. The molecular formula is C41H25N3. The monoisotopic (exact) mass is 559 g/mol. The molecule has 0 radical (unpaired) electrons. The van der Waals surface area contributed by atoms with E-state index in [1.54, 1.807) is 0 Å². The van der Waals surface area contributed by atoms with Crippen molar-refractivity contribution in [2.45, 2.75) is 0 Å². The smallest absolute Gasteiger partial charge is 0.0979 e. The van der Waals surface area contributed by atoms with E-state index in [1.165, 1.54) is 21.5 Å². The molecule has 0 amide bonds. The molecule has 0 N–H and O–H groups in total. The molecule has 6 aromatic carbocycles. The molecule has 9 rings (SSSR count). The second kappa shape index (κ2) is 9.82. The molecule has 3 nitrogen and oxygen atoms in total. The van der Waals surface area contributed by atoms with E-state index in [9.17, 15) is 0 Å². The predicted molar refractivity (Wildman–Crippen MR) is 184 cm³/mol. The van der Waals surface area contributed by atoms with E-state index in [4.69, 9.17) is 15.0 Å². The summed E-state index contributed by atoms with van der Waals surface area (Å²) in [6.07, 6.45) is 0. The Bertz CT molecular complexity index is 2550. The zero-order valence-corrected chi connectivity index (χ0v) is 23.8. The Balaban J connectivity index is 1.27. The Hall–Kier alpha value is -5.93. The number of pyridine rings is 3. The molecule has 0 atom stereocenters. The maximum Gasteiger partial charge on any atom is 0.0979 e. The van der Waals surface area contributed by atoms with E-state index in [0.29, 0.717) is 0 Å². The number of rotatable bonds is 3. The van der Waals surface area contributed by atoms with Crippen LogP contribution in [0.25, 0.3) is 88.0 Å². The van der Waals surface area contributed by atoms with Crippen molar-refractivity contribution in [3.63, 3.8) is 0 Å². The van der Waals surface area contributed by atoms with Crippen LogP contribution in [0.3, 0.4) is 0 Å². The van der Waals surface area contributed by atoms with Crippen LogP contribution in [0.2, 0.25) is 0 Å². The molecule has 3 aromatic heterocycles. The lowest BCUT2D eigenvalue weighted by atomic mass is 9.96. The molecule has 0 aliphatic heterocycles. The van der Waals surface area contributed by atoms with Gasteiger partial charge in [0, 0.05) is 21.7 Å². The summed E-state index contributed by atoms with van der Waals surface area (Å²) in [6.45, 7) is 0. The Labute approximate surface area is 254 Å². The van der Waals surface area contributed by atoms with Crippen molar-refractivity contribution in [3.8, 4) is 33.8 Å². The molecule has 3 heterocycles. The van der Waals surface area contributed by atoms with Crippen molar-refractivity contribution in [2.75, 3.05) is 0 Å². The van der Waals surface area contributed by atoms with Gasteiger partial charge in [-0.25, -0.2) is 15.0 Å². The second-order valence-electron chi connectivity index (χ2n) is 11.3. The number of hydrogen-bond acceptors (Lipinski definition) is 3. The lowest BCUT2D eigenvalue weighted by Gasteiger charge is -2.13. The largest absolute Gasteiger partial charge is 0.246 e. The molecule has 0 aliphatic rings. The summed E-state index contributed by atoms with van der Waals surface area (Å²) in [5.41, 5.74) is 8.72. The fourth-order valence-corrected chi connectivity index (χ4v) is 6.33. The van der Waals surface area contributed by atoms with Crippen molar-refractivity contribution in [1.29, 1.82) is 0 Å². The van der Waals surface area contributed by atoms with Gasteiger partial charge in [0.25, 0.3) is 0 Å². The van der Waals surface area contributed by atoms with Crippen LogP contribution in [-0.4, -0.2) is 15.0 Å². The third kappa shape index (κ3) is 4.10. The van der Waals surface area contributed by atoms with Gasteiger partial charge in [-0.1, -0.05) is 103 Å². The fourth-order valence-electron chi connectivity index (χ4n) is 6.33. The van der Waals surface area contributed by atoms with Crippen molar-refractivity contribution in [3.05, 3.63) is 152 Å². The van der Waals surface area contributed by atoms with Gasteiger partial charge < -0.3 is 0 Å². The molecule has 0 saturated heterocycles. The van der Waals surface area contributed by atoms with Gasteiger partial charge in [-0.2, -0.15) is 0 Å². The molecule has 0 fully saturated rings. The third-order valence-electron chi connectivity index (χ3n) is 8.59. The molecule has 0 bridgehead atoms. The zero-order chi connectivity index (χ0) is 29.0. The first-order valence-electron chi connectivity index (χ1n) is 14.9. The van der Waals surface area contributed by atoms with Gasteiger partial charge in [0.2, 0.25) is 0 Å². The van der Waals surface area contributed by atoms with Gasteiger partial charge in [-0.15, -0.1) is 0 Å². The molecule has 0 saturated carbocycles. The summed E-state index contributed by atoms with van der Waals surface area (Å²) >= 11 is 0. The van der Waals surface area contributed by atoms with E-state index in [1.807, 2.05) is 0 Å². The average Bonchev–Trinajstić information content (AvgIpc) is 3.10. The van der Waals surface area contributed by atoms with Crippen LogP contribution in [0.15, 0.2) is 152 Å². The molecule has 0 unspecified atom stereocenters. The third-order valence-corrected chi connectivity index (χ3v) is 8.59. The number of benzene rings is 6. The van der Waals surface area contributed by atoms with Gasteiger partial charge in [0.1, 0.15) is 0 Å². The van der Waals surface area contributed by atoms with Crippen LogP contribution in [0.5, 0.6) is 0 Å². The number of nitrogens with zero attached hydrogens (tertiary/aromatic N) is 3. The molecule has 204 valence electrons. The van der Waals surface area contributed by atoms with Gasteiger partial charge in [-0.3, -0.25) is 0 Å².